The van der Waals surface area contributed by atoms with Crippen LogP contribution in [-0.4, -0.2) is 40.5 Å². The van der Waals surface area contributed by atoms with E-state index < -0.39 is 46.4 Å². The summed E-state index contributed by atoms with van der Waals surface area (Å²) in [6.07, 6.45) is -5.86. The number of hydrogen-bond acceptors (Lipinski definition) is 6. The molecule has 6 nitrogen and oxygen atoms in total. The summed E-state index contributed by atoms with van der Waals surface area (Å²) in [4.78, 5) is 19.7. The molecule has 2 aromatic carbocycles. The standard InChI is InChI=1S/C33H38F6N2O4S/c1-29(2,3)45-28(42)41-30(4,5)44-20-31(41,6)27-40-19-26(46-27)22-13-16-25(24(18-22)33(37,38)39)43-17-9-7-8-10-21-11-14-23(15-12-21)32(34,35)36/h11-16,18-19H,7-10,17,20H2,1-6H3/t31-/m1/s1. The van der Waals surface area contributed by atoms with Crippen LogP contribution in [0.4, 0.5) is 31.1 Å². The molecule has 1 amide bonds. The van der Waals surface area contributed by atoms with Gasteiger partial charge in [0.1, 0.15) is 27.6 Å². The lowest BCUT2D eigenvalue weighted by atomic mass is 10.0. The fraction of sp³-hybridized carbons (Fsp3) is 0.515. The van der Waals surface area contributed by atoms with Crippen LogP contribution in [0.15, 0.2) is 48.7 Å². The quantitative estimate of drug-likeness (QED) is 0.167. The van der Waals surface area contributed by atoms with Gasteiger partial charge in [0.2, 0.25) is 0 Å². The number of benzene rings is 2. The van der Waals surface area contributed by atoms with Crippen molar-refractivity contribution < 1.29 is 45.3 Å². The van der Waals surface area contributed by atoms with Crippen LogP contribution < -0.4 is 4.74 Å². The van der Waals surface area contributed by atoms with Crippen molar-refractivity contribution in [3.8, 4) is 16.2 Å². The van der Waals surface area contributed by atoms with Crippen molar-refractivity contribution in [3.05, 3.63) is 70.4 Å². The van der Waals surface area contributed by atoms with E-state index in [9.17, 15) is 31.1 Å². The van der Waals surface area contributed by atoms with E-state index in [2.05, 4.69) is 4.98 Å². The monoisotopic (exact) mass is 672 g/mol. The third kappa shape index (κ3) is 8.33. The highest BCUT2D eigenvalue weighted by Crippen LogP contribution is 2.46. The number of halogens is 6. The number of carbonyl (C=O) groups is 1. The first kappa shape index (κ1) is 35.5. The first-order valence-corrected chi connectivity index (χ1v) is 15.7. The highest BCUT2D eigenvalue weighted by Gasteiger charge is 2.55. The Balaban J connectivity index is 1.42. The molecule has 13 heteroatoms. The normalized spacial score (nSPS) is 18.6. The molecule has 3 aromatic rings. The van der Waals surface area contributed by atoms with Crippen molar-refractivity contribution >= 4 is 17.4 Å². The summed E-state index contributed by atoms with van der Waals surface area (Å²) in [5.74, 6) is -0.294. The van der Waals surface area contributed by atoms with Gasteiger partial charge in [0, 0.05) is 6.20 Å². The van der Waals surface area contributed by atoms with Gasteiger partial charge in [-0.3, -0.25) is 4.90 Å². The Morgan fingerprint density at radius 2 is 1.63 bits per heavy atom. The molecule has 0 spiro atoms. The van der Waals surface area contributed by atoms with E-state index >= 15 is 0 Å². The summed E-state index contributed by atoms with van der Waals surface area (Å²) in [6.45, 7) is 10.7. The Hall–Kier alpha value is -3.32. The van der Waals surface area contributed by atoms with E-state index in [1.165, 1.54) is 46.7 Å². The molecule has 252 valence electrons. The molecule has 0 saturated carbocycles. The summed E-state index contributed by atoms with van der Waals surface area (Å²) in [7, 11) is 0. The Morgan fingerprint density at radius 3 is 2.24 bits per heavy atom. The number of carbonyl (C=O) groups excluding carboxylic acids is 1. The van der Waals surface area contributed by atoms with Crippen molar-refractivity contribution in [2.45, 2.75) is 96.4 Å². The highest BCUT2D eigenvalue weighted by molar-refractivity contribution is 7.15. The van der Waals surface area contributed by atoms with Crippen LogP contribution in [0.2, 0.25) is 0 Å². The fourth-order valence-corrected chi connectivity index (χ4v) is 6.30. The lowest BCUT2D eigenvalue weighted by Gasteiger charge is -2.39. The van der Waals surface area contributed by atoms with Gasteiger partial charge in [0.15, 0.2) is 0 Å². The predicted octanol–water partition coefficient (Wildman–Crippen LogP) is 9.86. The largest absolute Gasteiger partial charge is 0.493 e. The SMILES string of the molecule is CC(C)(C)OC(=O)N1C(C)(C)OC[C@]1(C)c1ncc(-c2ccc(OCCCCCc3ccc(C(F)(F)F)cc3)c(C(F)(F)F)c2)s1. The molecule has 1 aliphatic rings. The fourth-order valence-electron chi connectivity index (χ4n) is 5.26. The van der Waals surface area contributed by atoms with E-state index in [0.29, 0.717) is 41.1 Å². The number of hydrogen-bond donors (Lipinski definition) is 0. The van der Waals surface area contributed by atoms with Gasteiger partial charge in [-0.2, -0.15) is 26.3 Å². The molecule has 1 saturated heterocycles. The summed E-state index contributed by atoms with van der Waals surface area (Å²) >= 11 is 1.17. The zero-order valence-electron chi connectivity index (χ0n) is 26.6. The van der Waals surface area contributed by atoms with Crippen molar-refractivity contribution in [1.29, 1.82) is 0 Å². The number of amides is 1. The van der Waals surface area contributed by atoms with Gasteiger partial charge in [-0.1, -0.05) is 12.1 Å². The van der Waals surface area contributed by atoms with Crippen LogP contribution in [0.1, 0.15) is 82.5 Å². The smallest absolute Gasteiger partial charge is 0.419 e. The Morgan fingerprint density at radius 1 is 0.957 bits per heavy atom. The van der Waals surface area contributed by atoms with Crippen LogP contribution in [0.25, 0.3) is 10.4 Å². The molecule has 0 N–H and O–H groups in total. The average molecular weight is 673 g/mol. The number of nitrogens with zero attached hydrogens (tertiary/aromatic N) is 2. The molecular formula is C33H38F6N2O4S. The average Bonchev–Trinajstić information content (AvgIpc) is 3.52. The summed E-state index contributed by atoms with van der Waals surface area (Å²) in [5, 5.41) is 0.490. The van der Waals surface area contributed by atoms with E-state index in [0.717, 1.165) is 23.8 Å². The minimum atomic E-state index is -4.68. The van der Waals surface area contributed by atoms with Gasteiger partial charge in [0.05, 0.1) is 29.2 Å². The number of aromatic nitrogens is 1. The number of unbranched alkanes of at least 4 members (excludes halogenated alkanes) is 2. The lowest BCUT2D eigenvalue weighted by molar-refractivity contribution is -0.139. The van der Waals surface area contributed by atoms with Gasteiger partial charge in [-0.15, -0.1) is 11.3 Å². The maximum atomic E-state index is 14.1. The predicted molar refractivity (Wildman–Crippen MR) is 163 cm³/mol. The van der Waals surface area contributed by atoms with E-state index in [1.807, 2.05) is 0 Å². The Kier molecular flexibility index (Phi) is 10.1. The third-order valence-electron chi connectivity index (χ3n) is 7.50. The van der Waals surface area contributed by atoms with Crippen LogP contribution in [0.5, 0.6) is 5.75 Å². The molecule has 0 radical (unpaired) electrons. The zero-order valence-corrected chi connectivity index (χ0v) is 27.4. The van der Waals surface area contributed by atoms with Gasteiger partial charge < -0.3 is 14.2 Å². The first-order chi connectivity index (χ1) is 21.2. The molecule has 2 heterocycles. The maximum absolute atomic E-state index is 14.1. The number of alkyl halides is 6. The molecule has 46 heavy (non-hydrogen) atoms. The topological polar surface area (TPSA) is 60.9 Å². The molecule has 0 aliphatic carbocycles. The molecule has 1 aliphatic heterocycles. The molecular weight excluding hydrogens is 634 g/mol. The number of aryl methyl sites for hydroxylation is 1. The van der Waals surface area contributed by atoms with Crippen LogP contribution in [0, 0.1) is 0 Å². The van der Waals surface area contributed by atoms with E-state index in [1.54, 1.807) is 41.5 Å². The van der Waals surface area contributed by atoms with Crippen molar-refractivity contribution in [1.82, 2.24) is 9.88 Å². The first-order valence-electron chi connectivity index (χ1n) is 14.8. The van der Waals surface area contributed by atoms with Gasteiger partial charge in [-0.05, 0) is 109 Å². The minimum absolute atomic E-state index is 0.0504. The molecule has 0 bridgehead atoms. The molecule has 1 fully saturated rings. The number of thiazole rings is 1. The van der Waals surface area contributed by atoms with E-state index in [4.69, 9.17) is 14.2 Å². The second-order valence-corrected chi connectivity index (χ2v) is 13.9. The second-order valence-electron chi connectivity index (χ2n) is 12.9. The van der Waals surface area contributed by atoms with Crippen LogP contribution in [0.3, 0.4) is 0 Å². The number of ether oxygens (including phenoxy) is 3. The molecule has 1 aromatic heterocycles. The van der Waals surface area contributed by atoms with Gasteiger partial charge >= 0.3 is 18.4 Å². The lowest BCUT2D eigenvalue weighted by Crippen LogP contribution is -2.53. The second kappa shape index (κ2) is 13.1. The Bertz CT molecular complexity index is 1510. The molecule has 1 atom stereocenters. The molecule has 0 unspecified atom stereocenters. The maximum Gasteiger partial charge on any atom is 0.419 e. The van der Waals surface area contributed by atoms with Crippen molar-refractivity contribution in [2.24, 2.45) is 0 Å². The number of rotatable bonds is 9. The molecule has 4 rings (SSSR count). The minimum Gasteiger partial charge on any atom is -0.493 e. The zero-order chi connectivity index (χ0) is 34.1. The van der Waals surface area contributed by atoms with E-state index in [-0.39, 0.29) is 19.0 Å². The van der Waals surface area contributed by atoms with Crippen LogP contribution >= 0.6 is 11.3 Å². The van der Waals surface area contributed by atoms with Gasteiger partial charge in [-0.25, -0.2) is 9.78 Å². The summed E-state index contributed by atoms with van der Waals surface area (Å²) in [6, 6.07) is 8.80. The summed E-state index contributed by atoms with van der Waals surface area (Å²) in [5.41, 5.74) is -3.35. The van der Waals surface area contributed by atoms with Crippen molar-refractivity contribution in [2.75, 3.05) is 13.2 Å². The summed E-state index contributed by atoms with van der Waals surface area (Å²) < 4.78 is 97.6. The Labute approximate surface area is 268 Å². The van der Waals surface area contributed by atoms with Gasteiger partial charge in [0.25, 0.3) is 0 Å². The van der Waals surface area contributed by atoms with Crippen LogP contribution in [-0.2, 0) is 33.8 Å². The third-order valence-corrected chi connectivity index (χ3v) is 8.80. The van der Waals surface area contributed by atoms with Crippen molar-refractivity contribution in [3.63, 3.8) is 0 Å². The highest BCUT2D eigenvalue weighted by atomic mass is 32.1.